The first-order valence-electron chi connectivity index (χ1n) is 17.8. The van der Waals surface area contributed by atoms with Gasteiger partial charge in [0, 0.05) is 71.9 Å². The number of methoxy groups -OCH3 is 2. The van der Waals surface area contributed by atoms with Crippen molar-refractivity contribution in [3.05, 3.63) is 108 Å². The molecule has 0 atom stereocenters. The van der Waals surface area contributed by atoms with Crippen molar-refractivity contribution in [2.45, 2.75) is 19.3 Å². The smallest absolute Gasteiger partial charge is 0.142 e. The van der Waals surface area contributed by atoms with Gasteiger partial charge in [0.1, 0.15) is 23.0 Å². The predicted octanol–water partition coefficient (Wildman–Crippen LogP) is 6.28. The van der Waals surface area contributed by atoms with E-state index in [1.165, 1.54) is 22.5 Å². The Balaban J connectivity index is 0.855. The van der Waals surface area contributed by atoms with Gasteiger partial charge in [-0.2, -0.15) is 0 Å². The fourth-order valence-corrected chi connectivity index (χ4v) is 6.80. The van der Waals surface area contributed by atoms with Gasteiger partial charge in [0.25, 0.3) is 0 Å². The van der Waals surface area contributed by atoms with Gasteiger partial charge in [-0.3, -0.25) is 9.80 Å². The van der Waals surface area contributed by atoms with Crippen molar-refractivity contribution >= 4 is 11.4 Å². The molecule has 2 aliphatic rings. The van der Waals surface area contributed by atoms with Crippen LogP contribution in [0, 0.1) is 0 Å². The molecule has 8 nitrogen and oxygen atoms in total. The summed E-state index contributed by atoms with van der Waals surface area (Å²) in [7, 11) is 3.49. The SMILES string of the molecule is COc1ccccc1N1CCN(CCc2cccc(OCCCOc3cccc(CCN4CCN(c5ccccc5OC)CC4)c3)c2)CC1. The van der Waals surface area contributed by atoms with E-state index in [1.807, 2.05) is 24.3 Å². The van der Waals surface area contributed by atoms with Crippen LogP contribution in [0.25, 0.3) is 0 Å². The van der Waals surface area contributed by atoms with Crippen molar-refractivity contribution in [3.63, 3.8) is 0 Å². The van der Waals surface area contributed by atoms with Gasteiger partial charge in [0.15, 0.2) is 0 Å². The number of nitrogens with zero attached hydrogens (tertiary/aromatic N) is 4. The predicted molar refractivity (Wildman–Crippen MR) is 199 cm³/mol. The maximum absolute atomic E-state index is 6.11. The van der Waals surface area contributed by atoms with Crippen LogP contribution in [0.15, 0.2) is 97.1 Å². The molecule has 260 valence electrons. The number of benzene rings is 4. The fraction of sp³-hybridized carbons (Fsp3) is 0.415. The summed E-state index contributed by atoms with van der Waals surface area (Å²) in [5, 5.41) is 0. The van der Waals surface area contributed by atoms with Gasteiger partial charge >= 0.3 is 0 Å². The molecular formula is C41H52N4O4. The van der Waals surface area contributed by atoms with E-state index in [2.05, 4.69) is 92.4 Å². The zero-order valence-electron chi connectivity index (χ0n) is 29.3. The highest BCUT2D eigenvalue weighted by atomic mass is 16.5. The standard InChI is InChI=1S/C41H52N4O4/c1-46-40-16-5-3-14-38(40)44-26-22-42(23-27-44)20-18-34-10-7-12-36(32-34)48-30-9-31-49-37-13-8-11-35(33-37)19-21-43-24-28-45(29-25-43)39-15-4-6-17-41(39)47-2/h3-8,10-17,32-33H,9,18-31H2,1-2H3. The minimum atomic E-state index is 0.634. The van der Waals surface area contributed by atoms with E-state index in [0.29, 0.717) is 13.2 Å². The van der Waals surface area contributed by atoms with E-state index < -0.39 is 0 Å². The molecule has 0 unspecified atom stereocenters. The zero-order valence-corrected chi connectivity index (χ0v) is 29.3. The van der Waals surface area contributed by atoms with Crippen molar-refractivity contribution in [2.24, 2.45) is 0 Å². The summed E-state index contributed by atoms with van der Waals surface area (Å²) in [6.07, 6.45) is 2.87. The van der Waals surface area contributed by atoms with Crippen LogP contribution in [0.5, 0.6) is 23.0 Å². The van der Waals surface area contributed by atoms with Crippen molar-refractivity contribution in [2.75, 3.05) is 103 Å². The van der Waals surface area contributed by atoms with E-state index in [9.17, 15) is 0 Å². The molecule has 0 aromatic heterocycles. The molecule has 4 aromatic rings. The summed E-state index contributed by atoms with van der Waals surface area (Å²) in [4.78, 5) is 9.96. The van der Waals surface area contributed by atoms with E-state index >= 15 is 0 Å². The van der Waals surface area contributed by atoms with Gasteiger partial charge in [-0.25, -0.2) is 0 Å². The first-order valence-corrected chi connectivity index (χ1v) is 17.8. The van der Waals surface area contributed by atoms with Crippen LogP contribution in [-0.2, 0) is 12.8 Å². The van der Waals surface area contributed by atoms with E-state index in [1.54, 1.807) is 14.2 Å². The topological polar surface area (TPSA) is 49.9 Å². The molecule has 2 heterocycles. The van der Waals surface area contributed by atoms with Gasteiger partial charge in [0.05, 0.1) is 38.8 Å². The van der Waals surface area contributed by atoms with Gasteiger partial charge in [-0.1, -0.05) is 48.5 Å². The molecule has 0 aliphatic carbocycles. The molecule has 8 heteroatoms. The lowest BCUT2D eigenvalue weighted by Gasteiger charge is -2.36. The summed E-state index contributed by atoms with van der Waals surface area (Å²) in [6, 6.07) is 33.7. The van der Waals surface area contributed by atoms with Crippen LogP contribution < -0.4 is 28.7 Å². The molecule has 2 saturated heterocycles. The quantitative estimate of drug-likeness (QED) is 0.130. The van der Waals surface area contributed by atoms with Crippen molar-refractivity contribution in [3.8, 4) is 23.0 Å². The van der Waals surface area contributed by atoms with E-state index in [4.69, 9.17) is 18.9 Å². The van der Waals surface area contributed by atoms with Gasteiger partial charge in [0.2, 0.25) is 0 Å². The maximum Gasteiger partial charge on any atom is 0.142 e. The van der Waals surface area contributed by atoms with Crippen LogP contribution in [-0.4, -0.2) is 103 Å². The van der Waals surface area contributed by atoms with E-state index in [0.717, 1.165) is 108 Å². The Morgan fingerprint density at radius 1 is 0.490 bits per heavy atom. The molecule has 0 bridgehead atoms. The lowest BCUT2D eigenvalue weighted by Crippen LogP contribution is -2.47. The summed E-state index contributed by atoms with van der Waals surface area (Å²) < 4.78 is 23.4. The largest absolute Gasteiger partial charge is 0.495 e. The normalized spacial score (nSPS) is 15.6. The first kappa shape index (κ1) is 34.5. The summed E-state index contributed by atoms with van der Waals surface area (Å²) in [5.41, 5.74) is 5.01. The molecule has 49 heavy (non-hydrogen) atoms. The average molecular weight is 665 g/mol. The Kier molecular flexibility index (Phi) is 12.5. The fourth-order valence-electron chi connectivity index (χ4n) is 6.80. The first-order chi connectivity index (χ1) is 24.2. The highest BCUT2D eigenvalue weighted by molar-refractivity contribution is 5.59. The monoisotopic (exact) mass is 664 g/mol. The number of hydrogen-bond acceptors (Lipinski definition) is 8. The second-order valence-corrected chi connectivity index (χ2v) is 12.8. The molecule has 0 spiro atoms. The van der Waals surface area contributed by atoms with Crippen LogP contribution in [0.3, 0.4) is 0 Å². The molecule has 0 amide bonds. The Morgan fingerprint density at radius 3 is 1.35 bits per heavy atom. The number of rotatable bonds is 16. The lowest BCUT2D eigenvalue weighted by atomic mass is 10.1. The van der Waals surface area contributed by atoms with Crippen LogP contribution in [0.1, 0.15) is 17.5 Å². The molecule has 0 N–H and O–H groups in total. The molecule has 2 aliphatic heterocycles. The zero-order chi connectivity index (χ0) is 33.7. The average Bonchev–Trinajstić information content (AvgIpc) is 3.17. The molecule has 2 fully saturated rings. The molecule has 0 saturated carbocycles. The summed E-state index contributed by atoms with van der Waals surface area (Å²) in [6.45, 7) is 11.6. The lowest BCUT2D eigenvalue weighted by molar-refractivity contribution is 0.246. The second-order valence-electron chi connectivity index (χ2n) is 12.8. The Labute approximate surface area is 292 Å². The Morgan fingerprint density at radius 2 is 0.918 bits per heavy atom. The number of piperazine rings is 2. The van der Waals surface area contributed by atoms with Crippen molar-refractivity contribution < 1.29 is 18.9 Å². The third-order valence-electron chi connectivity index (χ3n) is 9.65. The molecule has 4 aromatic carbocycles. The minimum absolute atomic E-state index is 0.634. The summed E-state index contributed by atoms with van der Waals surface area (Å²) >= 11 is 0. The van der Waals surface area contributed by atoms with Gasteiger partial charge < -0.3 is 28.7 Å². The maximum atomic E-state index is 6.11. The van der Waals surface area contributed by atoms with Crippen LogP contribution >= 0.6 is 0 Å². The third-order valence-corrected chi connectivity index (χ3v) is 9.65. The van der Waals surface area contributed by atoms with E-state index in [-0.39, 0.29) is 0 Å². The second kappa shape index (κ2) is 17.8. The Bertz CT molecular complexity index is 1470. The van der Waals surface area contributed by atoms with Gasteiger partial charge in [-0.15, -0.1) is 0 Å². The third kappa shape index (κ3) is 9.83. The number of para-hydroxylation sites is 4. The summed E-state index contributed by atoms with van der Waals surface area (Å²) in [5.74, 6) is 3.77. The number of hydrogen-bond donors (Lipinski definition) is 0. The molecule has 0 radical (unpaired) electrons. The molecule has 6 rings (SSSR count). The van der Waals surface area contributed by atoms with Crippen LogP contribution in [0.2, 0.25) is 0 Å². The highest BCUT2D eigenvalue weighted by Gasteiger charge is 2.20. The van der Waals surface area contributed by atoms with Gasteiger partial charge in [-0.05, 0) is 72.5 Å². The number of ether oxygens (including phenoxy) is 4. The minimum Gasteiger partial charge on any atom is -0.495 e. The number of anilines is 2. The van der Waals surface area contributed by atoms with Crippen molar-refractivity contribution in [1.29, 1.82) is 0 Å². The van der Waals surface area contributed by atoms with Crippen LogP contribution in [0.4, 0.5) is 11.4 Å². The Hall–Kier alpha value is -4.40. The molecular weight excluding hydrogens is 612 g/mol. The van der Waals surface area contributed by atoms with Crippen molar-refractivity contribution in [1.82, 2.24) is 9.80 Å². The highest BCUT2D eigenvalue weighted by Crippen LogP contribution is 2.29.